The summed E-state index contributed by atoms with van der Waals surface area (Å²) in [7, 11) is 0. The third-order valence-electron chi connectivity index (χ3n) is 4.56. The first-order valence-corrected chi connectivity index (χ1v) is 10.4. The highest BCUT2D eigenvalue weighted by Gasteiger charge is 2.13. The Morgan fingerprint density at radius 1 is 1.03 bits per heavy atom. The monoisotopic (exact) mass is 413 g/mol. The van der Waals surface area contributed by atoms with Gasteiger partial charge < -0.3 is 29.6 Å². The second-order valence-corrected chi connectivity index (χ2v) is 6.89. The lowest BCUT2D eigenvalue weighted by Gasteiger charge is -2.15. The first-order chi connectivity index (χ1) is 14.7. The molecule has 7 heteroatoms. The number of fused-ring (bicyclic) bond motifs is 1. The maximum Gasteiger partial charge on any atom is 0.231 e. The van der Waals surface area contributed by atoms with E-state index >= 15 is 0 Å². The summed E-state index contributed by atoms with van der Waals surface area (Å²) < 4.78 is 22.1. The molecule has 2 aromatic rings. The molecule has 0 radical (unpaired) electrons. The number of rotatable bonds is 10. The second-order valence-electron chi connectivity index (χ2n) is 6.89. The second kappa shape index (κ2) is 11.3. The van der Waals surface area contributed by atoms with Gasteiger partial charge in [0.2, 0.25) is 6.79 Å². The van der Waals surface area contributed by atoms with Crippen molar-refractivity contribution in [3.8, 4) is 17.2 Å². The Morgan fingerprint density at radius 3 is 2.73 bits per heavy atom. The van der Waals surface area contributed by atoms with Gasteiger partial charge in [-0.3, -0.25) is 0 Å². The van der Waals surface area contributed by atoms with E-state index in [1.165, 1.54) is 0 Å². The summed E-state index contributed by atoms with van der Waals surface area (Å²) in [6, 6.07) is 12.1. The van der Waals surface area contributed by atoms with Crippen LogP contribution in [0.5, 0.6) is 17.2 Å². The van der Waals surface area contributed by atoms with E-state index in [-0.39, 0.29) is 6.79 Å². The van der Waals surface area contributed by atoms with Gasteiger partial charge in [-0.2, -0.15) is 0 Å². The smallest absolute Gasteiger partial charge is 0.231 e. The van der Waals surface area contributed by atoms with Gasteiger partial charge in [-0.05, 0) is 50.1 Å². The summed E-state index contributed by atoms with van der Waals surface area (Å²) in [4.78, 5) is 4.70. The Balaban J connectivity index is 1.62. The van der Waals surface area contributed by atoms with Crippen LogP contribution in [0.4, 0.5) is 0 Å². The molecule has 1 aliphatic heterocycles. The number of benzene rings is 2. The van der Waals surface area contributed by atoms with E-state index in [0.29, 0.717) is 32.9 Å². The average Bonchev–Trinajstić information content (AvgIpc) is 3.22. The normalized spacial score (nSPS) is 12.7. The SMILES string of the molecule is CCNC(=NCc1ccc2c(c1)OCO2)NCc1ccc(C)cc1OCCOCC. The molecular weight excluding hydrogens is 382 g/mol. The topological polar surface area (TPSA) is 73.3 Å². The molecule has 0 amide bonds. The van der Waals surface area contributed by atoms with Crippen molar-refractivity contribution in [2.75, 3.05) is 33.2 Å². The van der Waals surface area contributed by atoms with E-state index in [2.05, 4.69) is 35.8 Å². The van der Waals surface area contributed by atoms with Gasteiger partial charge in [-0.1, -0.05) is 18.2 Å². The van der Waals surface area contributed by atoms with Crippen molar-refractivity contribution in [3.63, 3.8) is 0 Å². The molecule has 2 aromatic carbocycles. The van der Waals surface area contributed by atoms with Crippen LogP contribution < -0.4 is 24.8 Å². The maximum atomic E-state index is 5.93. The Hall–Kier alpha value is -2.93. The minimum atomic E-state index is 0.276. The lowest BCUT2D eigenvalue weighted by molar-refractivity contribution is 0.110. The van der Waals surface area contributed by atoms with E-state index in [9.17, 15) is 0 Å². The van der Waals surface area contributed by atoms with Crippen molar-refractivity contribution in [2.24, 2.45) is 4.99 Å². The number of ether oxygens (including phenoxy) is 4. The molecule has 0 saturated heterocycles. The Morgan fingerprint density at radius 2 is 1.90 bits per heavy atom. The van der Waals surface area contributed by atoms with Gasteiger partial charge in [0, 0.05) is 25.3 Å². The molecule has 7 nitrogen and oxygen atoms in total. The highest BCUT2D eigenvalue weighted by Crippen LogP contribution is 2.32. The highest BCUT2D eigenvalue weighted by atomic mass is 16.7. The number of nitrogens with zero attached hydrogens (tertiary/aromatic N) is 1. The van der Waals surface area contributed by atoms with Crippen LogP contribution in [-0.2, 0) is 17.8 Å². The number of aryl methyl sites for hydroxylation is 1. The van der Waals surface area contributed by atoms with Crippen LogP contribution in [0, 0.1) is 6.92 Å². The van der Waals surface area contributed by atoms with E-state index in [4.69, 9.17) is 23.9 Å². The molecule has 1 heterocycles. The summed E-state index contributed by atoms with van der Waals surface area (Å²) in [6.45, 7) is 10.1. The van der Waals surface area contributed by atoms with Crippen LogP contribution >= 0.6 is 0 Å². The molecule has 1 aliphatic rings. The zero-order valence-corrected chi connectivity index (χ0v) is 18.0. The van der Waals surface area contributed by atoms with Crippen molar-refractivity contribution in [1.82, 2.24) is 10.6 Å². The molecule has 0 spiro atoms. The molecule has 0 saturated carbocycles. The predicted molar refractivity (Wildman–Crippen MR) is 117 cm³/mol. The lowest BCUT2D eigenvalue weighted by atomic mass is 10.1. The fraction of sp³-hybridized carbons (Fsp3) is 0.435. The molecule has 0 aromatic heterocycles. The van der Waals surface area contributed by atoms with E-state index in [0.717, 1.165) is 46.4 Å². The van der Waals surface area contributed by atoms with Crippen LogP contribution in [0.25, 0.3) is 0 Å². The van der Waals surface area contributed by atoms with Crippen molar-refractivity contribution in [3.05, 3.63) is 53.1 Å². The van der Waals surface area contributed by atoms with Crippen molar-refractivity contribution >= 4 is 5.96 Å². The molecule has 0 atom stereocenters. The highest BCUT2D eigenvalue weighted by molar-refractivity contribution is 5.79. The van der Waals surface area contributed by atoms with Crippen LogP contribution in [0.15, 0.2) is 41.4 Å². The molecule has 0 bridgehead atoms. The third-order valence-corrected chi connectivity index (χ3v) is 4.56. The fourth-order valence-corrected chi connectivity index (χ4v) is 3.03. The molecular formula is C23H31N3O4. The molecule has 2 N–H and O–H groups in total. The van der Waals surface area contributed by atoms with Crippen LogP contribution in [0.3, 0.4) is 0 Å². The summed E-state index contributed by atoms with van der Waals surface area (Å²) >= 11 is 0. The van der Waals surface area contributed by atoms with E-state index in [1.807, 2.05) is 32.0 Å². The van der Waals surface area contributed by atoms with Crippen LogP contribution in [-0.4, -0.2) is 39.1 Å². The molecule has 162 valence electrons. The quantitative estimate of drug-likeness (QED) is 0.353. The molecule has 0 fully saturated rings. The van der Waals surface area contributed by atoms with Crippen LogP contribution in [0.2, 0.25) is 0 Å². The summed E-state index contributed by atoms with van der Waals surface area (Å²) in [6.07, 6.45) is 0. The van der Waals surface area contributed by atoms with Gasteiger partial charge >= 0.3 is 0 Å². The summed E-state index contributed by atoms with van der Waals surface area (Å²) in [5, 5.41) is 6.68. The lowest BCUT2D eigenvalue weighted by Crippen LogP contribution is -2.36. The van der Waals surface area contributed by atoms with Crippen molar-refractivity contribution in [1.29, 1.82) is 0 Å². The zero-order chi connectivity index (χ0) is 21.2. The Bertz CT molecular complexity index is 854. The summed E-state index contributed by atoms with van der Waals surface area (Å²) in [5.41, 5.74) is 3.30. The standard InChI is InChI=1S/C23H31N3O4/c1-4-24-23(25-14-18-7-9-20-22(13-18)30-16-29-20)26-15-19-8-6-17(3)12-21(19)28-11-10-27-5-2/h6-9,12-13H,4-5,10-11,14-16H2,1-3H3,(H2,24,25,26). The maximum absolute atomic E-state index is 5.93. The van der Waals surface area contributed by atoms with Gasteiger partial charge in [0.25, 0.3) is 0 Å². The van der Waals surface area contributed by atoms with Gasteiger partial charge in [-0.15, -0.1) is 0 Å². The Kier molecular flexibility index (Phi) is 8.20. The zero-order valence-electron chi connectivity index (χ0n) is 18.0. The average molecular weight is 414 g/mol. The van der Waals surface area contributed by atoms with Gasteiger partial charge in [0.1, 0.15) is 12.4 Å². The number of aliphatic imine (C=N–C) groups is 1. The van der Waals surface area contributed by atoms with Crippen LogP contribution in [0.1, 0.15) is 30.5 Å². The summed E-state index contributed by atoms with van der Waals surface area (Å²) in [5.74, 6) is 3.17. The first-order valence-electron chi connectivity index (χ1n) is 10.4. The van der Waals surface area contributed by atoms with Crippen molar-refractivity contribution < 1.29 is 18.9 Å². The predicted octanol–water partition coefficient (Wildman–Crippen LogP) is 3.39. The van der Waals surface area contributed by atoms with E-state index < -0.39 is 0 Å². The number of hydrogen-bond donors (Lipinski definition) is 2. The van der Waals surface area contributed by atoms with Crippen molar-refractivity contribution in [2.45, 2.75) is 33.9 Å². The first kappa shape index (κ1) is 21.8. The van der Waals surface area contributed by atoms with Gasteiger partial charge in [0.05, 0.1) is 13.2 Å². The van der Waals surface area contributed by atoms with Gasteiger partial charge in [0.15, 0.2) is 17.5 Å². The molecule has 0 aliphatic carbocycles. The third kappa shape index (κ3) is 6.29. The molecule has 30 heavy (non-hydrogen) atoms. The number of guanidine groups is 1. The minimum absolute atomic E-state index is 0.276. The molecule has 0 unspecified atom stereocenters. The van der Waals surface area contributed by atoms with E-state index in [1.54, 1.807) is 0 Å². The fourth-order valence-electron chi connectivity index (χ4n) is 3.03. The largest absolute Gasteiger partial charge is 0.491 e. The minimum Gasteiger partial charge on any atom is -0.491 e. The van der Waals surface area contributed by atoms with Gasteiger partial charge in [-0.25, -0.2) is 4.99 Å². The Labute approximate surface area is 178 Å². The molecule has 3 rings (SSSR count). The number of hydrogen-bond acceptors (Lipinski definition) is 5. The number of nitrogens with one attached hydrogen (secondary N) is 2.